The number of aliphatic hydroxyl groups is 1. The highest BCUT2D eigenvalue weighted by atomic mass is 31.2. The van der Waals surface area contributed by atoms with Crippen LogP contribution in [-0.2, 0) is 9.09 Å². The van der Waals surface area contributed by atoms with Gasteiger partial charge in [-0.2, -0.15) is 0 Å². The molecule has 3 N–H and O–H groups in total. The summed E-state index contributed by atoms with van der Waals surface area (Å²) in [6.07, 6.45) is 24.2. The minimum atomic E-state index is -4.25. The van der Waals surface area contributed by atoms with Gasteiger partial charge in [0.05, 0.1) is 13.2 Å². The third-order valence-electron chi connectivity index (χ3n) is 6.08. The largest absolute Gasteiger partial charge is 0.469 e. The zero-order valence-electron chi connectivity index (χ0n) is 23.0. The van der Waals surface area contributed by atoms with E-state index in [1.165, 1.54) is 103 Å². The molecule has 0 rings (SSSR count). The van der Waals surface area contributed by atoms with Crippen LogP contribution < -0.4 is 0 Å². The zero-order chi connectivity index (χ0) is 25.8. The van der Waals surface area contributed by atoms with Crippen LogP contribution in [0.2, 0.25) is 0 Å². The van der Waals surface area contributed by atoms with Gasteiger partial charge in [0.15, 0.2) is 0 Å². The Morgan fingerprint density at radius 1 is 0.559 bits per heavy atom. The van der Waals surface area contributed by atoms with Gasteiger partial charge in [-0.3, -0.25) is 4.52 Å². The second-order valence-corrected chi connectivity index (χ2v) is 10.8. The number of hydrogen-bond acceptors (Lipinski definition) is 4. The highest BCUT2D eigenvalue weighted by Crippen LogP contribution is 2.35. The third kappa shape index (κ3) is 34.2. The molecular weight excluding hydrogens is 449 g/mol. The van der Waals surface area contributed by atoms with Crippen molar-refractivity contribution in [3.63, 3.8) is 0 Å². The number of aliphatic hydroxyl groups excluding tert-OH is 1. The number of nitrogens with zero attached hydrogens (tertiary/aromatic N) is 1. The number of rotatable bonds is 25. The summed E-state index contributed by atoms with van der Waals surface area (Å²) in [6.45, 7) is 10.3. The predicted octanol–water partition coefficient (Wildman–Crippen LogP) is 7.85. The number of hydrogen-bond donors (Lipinski definition) is 3. The van der Waals surface area contributed by atoms with Crippen molar-refractivity contribution >= 4 is 7.82 Å². The molecule has 0 fully saturated rings. The van der Waals surface area contributed by atoms with E-state index in [9.17, 15) is 4.57 Å². The fraction of sp³-hybridized carbons (Fsp3) is 1.00. The maximum Gasteiger partial charge on any atom is 0.469 e. The van der Waals surface area contributed by atoms with Crippen LogP contribution in [0.3, 0.4) is 0 Å². The summed E-state index contributed by atoms with van der Waals surface area (Å²) in [5.41, 5.74) is 0. The van der Waals surface area contributed by atoms with E-state index in [2.05, 4.69) is 30.2 Å². The standard InChI is InChI=1S/C17H37O4P.C10H23NO/c1-2-3-4-5-6-7-8-9-10-11-12-13-14-15-16-17-21-22(18,19)20;1-3-5-7-11(9-10-12)8-6-4-2/h2-17H2,1H3,(H2,18,19,20);12H,3-10H2,1-2H3. The van der Waals surface area contributed by atoms with Crippen molar-refractivity contribution in [1.29, 1.82) is 0 Å². The molecule has 0 aromatic rings. The second-order valence-electron chi connectivity index (χ2n) is 9.55. The van der Waals surface area contributed by atoms with Crippen molar-refractivity contribution < 1.29 is 24.0 Å². The van der Waals surface area contributed by atoms with Crippen molar-refractivity contribution in [2.75, 3.05) is 32.8 Å². The van der Waals surface area contributed by atoms with Gasteiger partial charge in [-0.1, -0.05) is 124 Å². The van der Waals surface area contributed by atoms with Crippen LogP contribution >= 0.6 is 7.82 Å². The van der Waals surface area contributed by atoms with Crippen molar-refractivity contribution in [3.8, 4) is 0 Å². The summed E-state index contributed by atoms with van der Waals surface area (Å²) in [6, 6.07) is 0. The molecule has 34 heavy (non-hydrogen) atoms. The van der Waals surface area contributed by atoms with Gasteiger partial charge >= 0.3 is 7.82 Å². The molecule has 0 bridgehead atoms. The molecule has 0 heterocycles. The summed E-state index contributed by atoms with van der Waals surface area (Å²) >= 11 is 0. The fourth-order valence-corrected chi connectivity index (χ4v) is 4.26. The first kappa shape index (κ1) is 36.2. The van der Waals surface area contributed by atoms with Gasteiger partial charge in [-0.15, -0.1) is 0 Å². The van der Waals surface area contributed by atoms with E-state index in [4.69, 9.17) is 14.9 Å². The molecule has 0 unspecified atom stereocenters. The summed E-state index contributed by atoms with van der Waals surface area (Å²) < 4.78 is 14.9. The lowest BCUT2D eigenvalue weighted by Gasteiger charge is -2.20. The quantitative estimate of drug-likeness (QED) is 0.0857. The molecule has 0 aromatic carbocycles. The van der Waals surface area contributed by atoms with E-state index in [1.54, 1.807) is 0 Å². The maximum atomic E-state index is 10.5. The van der Waals surface area contributed by atoms with E-state index < -0.39 is 7.82 Å². The Labute approximate surface area is 212 Å². The van der Waals surface area contributed by atoms with E-state index in [-0.39, 0.29) is 6.61 Å². The Hall–Kier alpha value is 0.0300. The normalized spacial score (nSPS) is 11.6. The number of unbranched alkanes of at least 4 members (excludes halogenated alkanes) is 16. The van der Waals surface area contributed by atoms with Gasteiger partial charge in [-0.05, 0) is 32.4 Å². The zero-order valence-corrected chi connectivity index (χ0v) is 23.9. The molecule has 6 nitrogen and oxygen atoms in total. The van der Waals surface area contributed by atoms with Crippen LogP contribution in [-0.4, -0.2) is 52.6 Å². The summed E-state index contributed by atoms with van der Waals surface area (Å²) in [5, 5.41) is 8.79. The minimum absolute atomic E-state index is 0.169. The molecule has 208 valence electrons. The first-order chi connectivity index (χ1) is 16.4. The van der Waals surface area contributed by atoms with Crippen molar-refractivity contribution in [2.45, 2.75) is 143 Å². The van der Waals surface area contributed by atoms with Gasteiger partial charge in [-0.25, -0.2) is 4.57 Å². The third-order valence-corrected chi connectivity index (χ3v) is 6.60. The van der Waals surface area contributed by atoms with Crippen LogP contribution in [0.25, 0.3) is 0 Å². The predicted molar refractivity (Wildman–Crippen MR) is 146 cm³/mol. The molecular formula is C27H60NO5P. The lowest BCUT2D eigenvalue weighted by Crippen LogP contribution is -2.28. The second kappa shape index (κ2) is 29.3. The Kier molecular flexibility index (Phi) is 31.1. The SMILES string of the molecule is CCCCCCCCCCCCCCCCCOP(=O)(O)O.CCCCN(CCO)CCCC. The molecule has 0 aliphatic rings. The molecule has 0 aliphatic carbocycles. The van der Waals surface area contributed by atoms with Gasteiger partial charge < -0.3 is 19.8 Å². The molecule has 7 heteroatoms. The van der Waals surface area contributed by atoms with Crippen LogP contribution in [0, 0.1) is 0 Å². The summed E-state index contributed by atoms with van der Waals surface area (Å²) in [5.74, 6) is 0. The molecule has 0 aromatic heterocycles. The van der Waals surface area contributed by atoms with Gasteiger partial charge in [0.25, 0.3) is 0 Å². The molecule has 0 saturated carbocycles. The van der Waals surface area contributed by atoms with Crippen molar-refractivity contribution in [1.82, 2.24) is 4.90 Å². The van der Waals surface area contributed by atoms with Crippen molar-refractivity contribution in [3.05, 3.63) is 0 Å². The topological polar surface area (TPSA) is 90.2 Å². The Morgan fingerprint density at radius 2 is 0.912 bits per heavy atom. The smallest absolute Gasteiger partial charge is 0.395 e. The highest BCUT2D eigenvalue weighted by molar-refractivity contribution is 7.46. The molecule has 0 saturated heterocycles. The first-order valence-corrected chi connectivity index (χ1v) is 16.0. The highest BCUT2D eigenvalue weighted by Gasteiger charge is 2.12. The molecule has 0 aliphatic heterocycles. The molecule has 0 amide bonds. The Bertz CT molecular complexity index is 412. The van der Waals surface area contributed by atoms with E-state index in [0.717, 1.165) is 38.9 Å². The Morgan fingerprint density at radius 3 is 1.24 bits per heavy atom. The van der Waals surface area contributed by atoms with E-state index >= 15 is 0 Å². The monoisotopic (exact) mass is 509 g/mol. The first-order valence-electron chi connectivity index (χ1n) is 14.4. The molecule has 0 spiro atoms. The van der Waals surface area contributed by atoms with Gasteiger partial charge in [0, 0.05) is 6.54 Å². The maximum absolute atomic E-state index is 10.5. The van der Waals surface area contributed by atoms with Crippen LogP contribution in [0.1, 0.15) is 143 Å². The average molecular weight is 510 g/mol. The van der Waals surface area contributed by atoms with Crippen LogP contribution in [0.5, 0.6) is 0 Å². The van der Waals surface area contributed by atoms with Crippen LogP contribution in [0.4, 0.5) is 0 Å². The molecule has 0 radical (unpaired) electrons. The van der Waals surface area contributed by atoms with Gasteiger partial charge in [0.2, 0.25) is 0 Å². The lowest BCUT2D eigenvalue weighted by molar-refractivity contribution is 0.192. The van der Waals surface area contributed by atoms with E-state index in [0.29, 0.717) is 6.61 Å². The summed E-state index contributed by atoms with van der Waals surface area (Å²) in [4.78, 5) is 19.4. The minimum Gasteiger partial charge on any atom is -0.395 e. The summed E-state index contributed by atoms with van der Waals surface area (Å²) in [7, 11) is -4.25. The van der Waals surface area contributed by atoms with Crippen molar-refractivity contribution in [2.24, 2.45) is 0 Å². The fourth-order valence-electron chi connectivity index (χ4n) is 3.90. The average Bonchev–Trinajstić information content (AvgIpc) is 2.80. The number of phosphoric acid groups is 1. The van der Waals surface area contributed by atoms with Gasteiger partial charge in [0.1, 0.15) is 0 Å². The lowest BCUT2D eigenvalue weighted by atomic mass is 10.0. The molecule has 0 atom stereocenters. The Balaban J connectivity index is 0. The number of phosphoric ester groups is 1. The van der Waals surface area contributed by atoms with E-state index in [1.807, 2.05) is 0 Å². The van der Waals surface area contributed by atoms with Crippen LogP contribution in [0.15, 0.2) is 0 Å².